The van der Waals surface area contributed by atoms with E-state index >= 15 is 0 Å². The Morgan fingerprint density at radius 1 is 1.08 bits per heavy atom. The number of hydrogen-bond acceptors (Lipinski definition) is 4. The lowest BCUT2D eigenvalue weighted by Crippen LogP contribution is -2.48. The fraction of sp³-hybridized carbons (Fsp3) is 0.500. The topological polar surface area (TPSA) is 86.9 Å². The highest BCUT2D eigenvalue weighted by atomic mass is 16.2. The predicted octanol–water partition coefficient (Wildman–Crippen LogP) is 0.583. The fourth-order valence-electron chi connectivity index (χ4n) is 3.43. The second kappa shape index (κ2) is 7.13. The number of carbonyl (C=O) groups excluding carboxylic acids is 3. The van der Waals surface area contributed by atoms with E-state index in [1.165, 1.54) is 0 Å². The molecule has 1 aromatic rings. The summed E-state index contributed by atoms with van der Waals surface area (Å²) in [5, 5.41) is 0. The van der Waals surface area contributed by atoms with Crippen LogP contribution in [0.3, 0.4) is 0 Å². The van der Waals surface area contributed by atoms with Crippen LogP contribution in [0, 0.1) is 5.92 Å². The molecule has 0 unspecified atom stereocenters. The molecule has 0 bridgehead atoms. The molecule has 2 aliphatic heterocycles. The van der Waals surface area contributed by atoms with Crippen molar-refractivity contribution in [3.63, 3.8) is 0 Å². The molecular formula is C18H24N4O3. The first-order valence-corrected chi connectivity index (χ1v) is 8.72. The molecule has 0 radical (unpaired) electrons. The van der Waals surface area contributed by atoms with E-state index in [0.29, 0.717) is 13.0 Å². The first-order chi connectivity index (χ1) is 12.0. The lowest BCUT2D eigenvalue weighted by Gasteiger charge is -2.36. The summed E-state index contributed by atoms with van der Waals surface area (Å²) in [6.07, 6.45) is 0.732. The van der Waals surface area contributed by atoms with Gasteiger partial charge in [0.05, 0.1) is 5.92 Å². The van der Waals surface area contributed by atoms with Gasteiger partial charge >= 0.3 is 0 Å². The Hall–Kier alpha value is -2.57. The van der Waals surface area contributed by atoms with E-state index in [4.69, 9.17) is 5.73 Å². The second-order valence-corrected chi connectivity index (χ2v) is 6.55. The molecule has 2 heterocycles. The van der Waals surface area contributed by atoms with Gasteiger partial charge in [-0.1, -0.05) is 6.92 Å². The summed E-state index contributed by atoms with van der Waals surface area (Å²) in [5.41, 5.74) is 7.18. The van der Waals surface area contributed by atoms with Crippen LogP contribution < -0.4 is 15.5 Å². The molecule has 3 amide bonds. The summed E-state index contributed by atoms with van der Waals surface area (Å²) in [5.74, 6) is -0.696. The number of benzene rings is 1. The Morgan fingerprint density at radius 3 is 2.20 bits per heavy atom. The zero-order chi connectivity index (χ0) is 18.0. The number of rotatable bonds is 4. The van der Waals surface area contributed by atoms with Crippen LogP contribution in [0.25, 0.3) is 0 Å². The molecule has 3 rings (SSSR count). The van der Waals surface area contributed by atoms with Crippen LogP contribution in [0.15, 0.2) is 24.3 Å². The molecular weight excluding hydrogens is 320 g/mol. The van der Waals surface area contributed by atoms with Gasteiger partial charge in [-0.05, 0) is 24.3 Å². The summed E-state index contributed by atoms with van der Waals surface area (Å²) >= 11 is 0. The zero-order valence-corrected chi connectivity index (χ0v) is 14.5. The molecule has 25 heavy (non-hydrogen) atoms. The van der Waals surface area contributed by atoms with E-state index < -0.39 is 11.8 Å². The first kappa shape index (κ1) is 17.3. The minimum Gasteiger partial charge on any atom is -0.369 e. The molecule has 2 aliphatic rings. The van der Waals surface area contributed by atoms with Gasteiger partial charge in [0.2, 0.25) is 17.7 Å². The van der Waals surface area contributed by atoms with Crippen molar-refractivity contribution in [2.24, 2.45) is 11.7 Å². The molecule has 0 aromatic heterocycles. The maximum absolute atomic E-state index is 12.1. The second-order valence-electron chi connectivity index (χ2n) is 6.55. The van der Waals surface area contributed by atoms with E-state index in [1.807, 2.05) is 36.1 Å². The van der Waals surface area contributed by atoms with Crippen LogP contribution in [0.5, 0.6) is 0 Å². The van der Waals surface area contributed by atoms with Crippen molar-refractivity contribution in [3.8, 4) is 0 Å². The van der Waals surface area contributed by atoms with Crippen molar-refractivity contribution in [3.05, 3.63) is 24.3 Å². The van der Waals surface area contributed by atoms with Gasteiger partial charge in [-0.3, -0.25) is 14.4 Å². The van der Waals surface area contributed by atoms with Gasteiger partial charge in [-0.25, -0.2) is 0 Å². The third-order valence-electron chi connectivity index (χ3n) is 4.99. The standard InChI is InChI=1S/C18H24N4O3/c1-2-16(23)21-9-7-20(8-10-21)14-3-5-15(6-4-14)22-12-13(18(19)25)11-17(22)24/h3-6,13H,2,7-12H2,1H3,(H2,19,25)/t13-/m0/s1. The number of piperazine rings is 1. The Kier molecular flexibility index (Phi) is 4.92. The number of nitrogens with two attached hydrogens (primary N) is 1. The van der Waals surface area contributed by atoms with Crippen LogP contribution in [-0.4, -0.2) is 55.3 Å². The summed E-state index contributed by atoms with van der Waals surface area (Å²) in [6.45, 7) is 5.31. The normalized spacial score (nSPS) is 20.9. The van der Waals surface area contributed by atoms with Gasteiger partial charge in [-0.15, -0.1) is 0 Å². The van der Waals surface area contributed by atoms with Crippen LogP contribution >= 0.6 is 0 Å². The molecule has 2 N–H and O–H groups in total. The number of hydrogen-bond donors (Lipinski definition) is 1. The van der Waals surface area contributed by atoms with E-state index in [2.05, 4.69) is 4.90 Å². The van der Waals surface area contributed by atoms with E-state index in [-0.39, 0.29) is 18.2 Å². The fourth-order valence-corrected chi connectivity index (χ4v) is 3.43. The van der Waals surface area contributed by atoms with Gasteiger partial charge in [0.15, 0.2) is 0 Å². The number of amides is 3. The Balaban J connectivity index is 1.63. The molecule has 7 nitrogen and oxygen atoms in total. The Labute approximate surface area is 147 Å². The number of carbonyl (C=O) groups is 3. The summed E-state index contributed by atoms with van der Waals surface area (Å²) in [6, 6.07) is 7.77. The van der Waals surface area contributed by atoms with Crippen LogP contribution in [0.2, 0.25) is 0 Å². The Morgan fingerprint density at radius 2 is 1.68 bits per heavy atom. The highest BCUT2D eigenvalue weighted by molar-refractivity contribution is 6.00. The highest BCUT2D eigenvalue weighted by Crippen LogP contribution is 2.27. The van der Waals surface area contributed by atoms with Gasteiger partial charge in [0.1, 0.15) is 0 Å². The van der Waals surface area contributed by atoms with Gasteiger partial charge in [0.25, 0.3) is 0 Å². The summed E-state index contributed by atoms with van der Waals surface area (Å²) in [7, 11) is 0. The largest absolute Gasteiger partial charge is 0.369 e. The van der Waals surface area contributed by atoms with Crippen molar-refractivity contribution in [1.29, 1.82) is 0 Å². The average molecular weight is 344 g/mol. The molecule has 2 fully saturated rings. The summed E-state index contributed by atoms with van der Waals surface area (Å²) in [4.78, 5) is 40.9. The third-order valence-corrected chi connectivity index (χ3v) is 4.99. The molecule has 0 spiro atoms. The lowest BCUT2D eigenvalue weighted by molar-refractivity contribution is -0.131. The maximum atomic E-state index is 12.1. The SMILES string of the molecule is CCC(=O)N1CCN(c2ccc(N3C[C@@H](C(N)=O)CC3=O)cc2)CC1. The van der Waals surface area contributed by atoms with Crippen molar-refractivity contribution < 1.29 is 14.4 Å². The minimum absolute atomic E-state index is 0.0664. The molecule has 7 heteroatoms. The quantitative estimate of drug-likeness (QED) is 0.866. The smallest absolute Gasteiger partial charge is 0.227 e. The lowest BCUT2D eigenvalue weighted by atomic mass is 10.1. The minimum atomic E-state index is -0.424. The van der Waals surface area contributed by atoms with Gasteiger partial charge in [-0.2, -0.15) is 0 Å². The Bertz CT molecular complexity index is 665. The van der Waals surface area contributed by atoms with Gasteiger partial charge in [0, 0.05) is 56.9 Å². The van der Waals surface area contributed by atoms with Crippen molar-refractivity contribution in [2.75, 3.05) is 42.5 Å². The first-order valence-electron chi connectivity index (χ1n) is 8.72. The molecule has 0 saturated carbocycles. The van der Waals surface area contributed by atoms with E-state index in [9.17, 15) is 14.4 Å². The monoisotopic (exact) mass is 344 g/mol. The molecule has 1 aromatic carbocycles. The average Bonchev–Trinajstić information content (AvgIpc) is 3.03. The van der Waals surface area contributed by atoms with Crippen molar-refractivity contribution >= 4 is 29.1 Å². The number of nitrogens with zero attached hydrogens (tertiary/aromatic N) is 3. The van der Waals surface area contributed by atoms with Gasteiger partial charge < -0.3 is 20.4 Å². The maximum Gasteiger partial charge on any atom is 0.227 e. The van der Waals surface area contributed by atoms with Crippen molar-refractivity contribution in [1.82, 2.24) is 4.90 Å². The summed E-state index contributed by atoms with van der Waals surface area (Å²) < 4.78 is 0. The molecule has 0 aliphatic carbocycles. The third kappa shape index (κ3) is 3.60. The van der Waals surface area contributed by atoms with Crippen molar-refractivity contribution in [2.45, 2.75) is 19.8 Å². The highest BCUT2D eigenvalue weighted by Gasteiger charge is 2.33. The van der Waals surface area contributed by atoms with E-state index in [0.717, 1.165) is 37.6 Å². The molecule has 1 atom stereocenters. The van der Waals surface area contributed by atoms with Crippen LogP contribution in [0.1, 0.15) is 19.8 Å². The predicted molar refractivity (Wildman–Crippen MR) is 95.2 cm³/mol. The van der Waals surface area contributed by atoms with Crippen LogP contribution in [0.4, 0.5) is 11.4 Å². The van der Waals surface area contributed by atoms with Crippen LogP contribution in [-0.2, 0) is 14.4 Å². The number of anilines is 2. The number of primary amides is 1. The zero-order valence-electron chi connectivity index (χ0n) is 14.5. The van der Waals surface area contributed by atoms with E-state index in [1.54, 1.807) is 4.90 Å². The molecule has 2 saturated heterocycles. The molecule has 134 valence electrons.